The zero-order valence-corrected chi connectivity index (χ0v) is 17.3. The lowest BCUT2D eigenvalue weighted by molar-refractivity contribution is 0.355. The standard InChI is InChI=1S/C21H20F3N3O4/c1-11-5-16(29-2)17(30-3)8-15(11)25-21-26-20(28)18(31-4)10-27(21)9-12-6-13(22)19(24)14(23)7-12/h5-8,10H,9H2,1-4H3,(H,25,26,28). The minimum absolute atomic E-state index is 0.0716. The number of nitrogens with zero attached hydrogens (tertiary/aromatic N) is 2. The van der Waals surface area contributed by atoms with Crippen LogP contribution in [0.2, 0.25) is 0 Å². The number of benzene rings is 2. The van der Waals surface area contributed by atoms with Gasteiger partial charge in [-0.05, 0) is 36.2 Å². The van der Waals surface area contributed by atoms with Crippen LogP contribution in [0.4, 0.5) is 24.8 Å². The Hall–Kier alpha value is -3.69. The molecule has 0 unspecified atom stereocenters. The first-order chi connectivity index (χ1) is 14.8. The van der Waals surface area contributed by atoms with Crippen molar-refractivity contribution in [3.8, 4) is 17.2 Å². The Kier molecular flexibility index (Phi) is 6.38. The summed E-state index contributed by atoms with van der Waals surface area (Å²) >= 11 is 0. The Balaban J connectivity index is 2.07. The minimum atomic E-state index is -1.56. The summed E-state index contributed by atoms with van der Waals surface area (Å²) in [6.07, 6.45) is 1.34. The number of halogens is 3. The van der Waals surface area contributed by atoms with Crippen molar-refractivity contribution < 1.29 is 27.4 Å². The molecule has 0 spiro atoms. The maximum atomic E-state index is 13.7. The molecule has 3 aromatic rings. The van der Waals surface area contributed by atoms with Crippen molar-refractivity contribution >= 4 is 11.6 Å². The maximum Gasteiger partial charge on any atom is 0.316 e. The highest BCUT2D eigenvalue weighted by molar-refractivity contribution is 5.64. The molecule has 1 heterocycles. The van der Waals surface area contributed by atoms with Crippen LogP contribution in [-0.2, 0) is 6.54 Å². The highest BCUT2D eigenvalue weighted by atomic mass is 19.2. The highest BCUT2D eigenvalue weighted by Gasteiger charge is 2.16. The van der Waals surface area contributed by atoms with Gasteiger partial charge in [0.15, 0.2) is 29.0 Å². The molecule has 1 N–H and O–H groups in total. The Morgan fingerprint density at radius 3 is 2.10 bits per heavy atom. The van der Waals surface area contributed by atoms with Crippen LogP contribution in [0.25, 0.3) is 0 Å². The largest absolute Gasteiger partial charge is 0.493 e. The summed E-state index contributed by atoms with van der Waals surface area (Å²) in [6, 6.07) is 5.13. The van der Waals surface area contributed by atoms with E-state index in [1.54, 1.807) is 19.1 Å². The lowest BCUT2D eigenvalue weighted by Gasteiger charge is -2.18. The van der Waals surface area contributed by atoms with E-state index in [4.69, 9.17) is 14.2 Å². The van der Waals surface area contributed by atoms with Crippen LogP contribution in [0.5, 0.6) is 17.2 Å². The quantitative estimate of drug-likeness (QED) is 0.570. The summed E-state index contributed by atoms with van der Waals surface area (Å²) in [7, 11) is 4.29. The summed E-state index contributed by atoms with van der Waals surface area (Å²) in [5, 5.41) is 3.02. The summed E-state index contributed by atoms with van der Waals surface area (Å²) in [4.78, 5) is 16.2. The van der Waals surface area contributed by atoms with E-state index in [0.717, 1.165) is 17.7 Å². The average Bonchev–Trinajstić information content (AvgIpc) is 2.74. The molecular weight excluding hydrogens is 415 g/mol. The number of rotatable bonds is 7. The Morgan fingerprint density at radius 2 is 1.52 bits per heavy atom. The normalized spacial score (nSPS) is 10.7. The monoisotopic (exact) mass is 435 g/mol. The van der Waals surface area contributed by atoms with E-state index in [2.05, 4.69) is 10.3 Å². The van der Waals surface area contributed by atoms with Crippen LogP contribution in [0.3, 0.4) is 0 Å². The first-order valence-corrected chi connectivity index (χ1v) is 9.06. The maximum absolute atomic E-state index is 13.7. The molecule has 0 aliphatic heterocycles. The van der Waals surface area contributed by atoms with Gasteiger partial charge in [0.2, 0.25) is 11.7 Å². The highest BCUT2D eigenvalue weighted by Crippen LogP contribution is 2.34. The van der Waals surface area contributed by atoms with Gasteiger partial charge in [-0.2, -0.15) is 4.98 Å². The second-order valence-electron chi connectivity index (χ2n) is 6.59. The fraction of sp³-hybridized carbons (Fsp3) is 0.238. The number of nitrogens with one attached hydrogen (secondary N) is 1. The molecule has 0 bridgehead atoms. The van der Waals surface area contributed by atoms with E-state index in [1.165, 1.54) is 32.1 Å². The summed E-state index contributed by atoms with van der Waals surface area (Å²) in [6.45, 7) is 1.69. The first-order valence-electron chi connectivity index (χ1n) is 9.06. The van der Waals surface area contributed by atoms with Crippen molar-refractivity contribution in [2.45, 2.75) is 13.5 Å². The molecule has 0 atom stereocenters. The third-order valence-corrected chi connectivity index (χ3v) is 4.56. The Morgan fingerprint density at radius 1 is 0.935 bits per heavy atom. The smallest absolute Gasteiger partial charge is 0.316 e. The van der Waals surface area contributed by atoms with Gasteiger partial charge >= 0.3 is 5.56 Å². The zero-order valence-electron chi connectivity index (χ0n) is 17.3. The summed E-state index contributed by atoms with van der Waals surface area (Å²) in [5.41, 5.74) is 0.792. The van der Waals surface area contributed by atoms with Gasteiger partial charge in [0.1, 0.15) is 0 Å². The van der Waals surface area contributed by atoms with Crippen molar-refractivity contribution in [1.82, 2.24) is 9.55 Å². The third kappa shape index (κ3) is 4.57. The molecule has 31 heavy (non-hydrogen) atoms. The average molecular weight is 435 g/mol. The van der Waals surface area contributed by atoms with Crippen LogP contribution in [-0.4, -0.2) is 30.9 Å². The number of hydrogen-bond donors (Lipinski definition) is 1. The van der Waals surface area contributed by atoms with E-state index >= 15 is 0 Å². The number of ether oxygens (including phenoxy) is 3. The summed E-state index contributed by atoms with van der Waals surface area (Å²) < 4.78 is 57.6. The predicted octanol–water partition coefficient (Wildman–Crippen LogP) is 3.79. The number of hydrogen-bond acceptors (Lipinski definition) is 6. The number of anilines is 2. The van der Waals surface area contributed by atoms with Gasteiger partial charge in [-0.25, -0.2) is 13.2 Å². The van der Waals surface area contributed by atoms with Crippen molar-refractivity contribution in [3.63, 3.8) is 0 Å². The van der Waals surface area contributed by atoms with E-state index in [-0.39, 0.29) is 23.8 Å². The second kappa shape index (κ2) is 8.99. The molecule has 1 aromatic heterocycles. The molecule has 0 saturated heterocycles. The van der Waals surface area contributed by atoms with Gasteiger partial charge in [-0.1, -0.05) is 0 Å². The van der Waals surface area contributed by atoms with E-state index < -0.39 is 23.0 Å². The topological polar surface area (TPSA) is 74.6 Å². The zero-order chi connectivity index (χ0) is 22.7. The van der Waals surface area contributed by atoms with Gasteiger partial charge in [0.25, 0.3) is 0 Å². The van der Waals surface area contributed by atoms with E-state index in [0.29, 0.717) is 17.2 Å². The van der Waals surface area contributed by atoms with Crippen LogP contribution in [0.1, 0.15) is 11.1 Å². The summed E-state index contributed by atoms with van der Waals surface area (Å²) in [5.74, 6) is -3.23. The Labute approximate surface area is 176 Å². The fourth-order valence-electron chi connectivity index (χ4n) is 2.97. The fourth-order valence-corrected chi connectivity index (χ4v) is 2.97. The predicted molar refractivity (Wildman–Crippen MR) is 108 cm³/mol. The lowest BCUT2D eigenvalue weighted by atomic mass is 10.1. The Bertz CT molecular complexity index is 1160. The van der Waals surface area contributed by atoms with Crippen LogP contribution in [0.15, 0.2) is 35.3 Å². The van der Waals surface area contributed by atoms with Crippen molar-refractivity contribution in [3.05, 3.63) is 69.4 Å². The molecule has 0 fully saturated rings. The molecule has 164 valence electrons. The second-order valence-corrected chi connectivity index (χ2v) is 6.59. The van der Waals surface area contributed by atoms with Gasteiger partial charge in [-0.15, -0.1) is 0 Å². The molecule has 10 heteroatoms. The SMILES string of the molecule is COc1cc(C)c(Nc2nc(=O)c(OC)cn2Cc2cc(F)c(F)c(F)c2)cc1OC. The molecule has 0 aliphatic rings. The third-order valence-electron chi connectivity index (χ3n) is 4.56. The van der Waals surface area contributed by atoms with Crippen LogP contribution in [0, 0.1) is 24.4 Å². The molecule has 0 amide bonds. The molecule has 2 aromatic carbocycles. The molecule has 0 aliphatic carbocycles. The molecular formula is C21H20F3N3O4. The van der Waals surface area contributed by atoms with Gasteiger partial charge in [0, 0.05) is 11.8 Å². The van der Waals surface area contributed by atoms with Crippen LogP contribution < -0.4 is 25.1 Å². The first kappa shape index (κ1) is 22.0. The number of aromatic nitrogens is 2. The number of methoxy groups -OCH3 is 3. The molecule has 3 rings (SSSR count). The van der Waals surface area contributed by atoms with E-state index in [1.807, 2.05) is 0 Å². The van der Waals surface area contributed by atoms with Gasteiger partial charge < -0.3 is 24.1 Å². The molecule has 0 radical (unpaired) electrons. The molecule has 0 saturated carbocycles. The van der Waals surface area contributed by atoms with Crippen molar-refractivity contribution in [2.24, 2.45) is 0 Å². The number of aryl methyl sites for hydroxylation is 1. The van der Waals surface area contributed by atoms with Crippen molar-refractivity contribution in [1.29, 1.82) is 0 Å². The van der Waals surface area contributed by atoms with Crippen molar-refractivity contribution in [2.75, 3.05) is 26.6 Å². The van der Waals surface area contributed by atoms with E-state index in [9.17, 15) is 18.0 Å². The molecule has 7 nitrogen and oxygen atoms in total. The van der Waals surface area contributed by atoms with Gasteiger partial charge in [-0.3, -0.25) is 4.79 Å². The lowest BCUT2D eigenvalue weighted by Crippen LogP contribution is -2.19. The van der Waals surface area contributed by atoms with Gasteiger partial charge in [0.05, 0.1) is 34.1 Å². The minimum Gasteiger partial charge on any atom is -0.493 e. The van der Waals surface area contributed by atoms with Crippen LogP contribution >= 0.6 is 0 Å².